The van der Waals surface area contributed by atoms with Gasteiger partial charge in [0.05, 0.1) is 19.8 Å². The van der Waals surface area contributed by atoms with Crippen molar-refractivity contribution in [2.45, 2.75) is 40.0 Å². The molecule has 0 unspecified atom stereocenters. The first kappa shape index (κ1) is 20.8. The molecule has 0 atom stereocenters. The Bertz CT molecular complexity index is 532. The number of rotatable bonds is 12. The van der Waals surface area contributed by atoms with Gasteiger partial charge in [0.2, 0.25) is 0 Å². The quantitative estimate of drug-likeness (QED) is 0.426. The van der Waals surface area contributed by atoms with Crippen molar-refractivity contribution in [3.63, 3.8) is 0 Å². The molecule has 0 N–H and O–H groups in total. The van der Waals surface area contributed by atoms with E-state index in [1.807, 2.05) is 24.3 Å². The van der Waals surface area contributed by atoms with E-state index in [1.54, 1.807) is 0 Å². The number of hydrogen-bond donors (Lipinski definition) is 0. The van der Waals surface area contributed by atoms with Gasteiger partial charge >= 0.3 is 11.9 Å². The van der Waals surface area contributed by atoms with E-state index >= 15 is 0 Å². The van der Waals surface area contributed by atoms with E-state index in [4.69, 9.17) is 14.2 Å². The van der Waals surface area contributed by atoms with Crippen LogP contribution in [0.4, 0.5) is 5.69 Å². The highest BCUT2D eigenvalue weighted by Gasteiger charge is 2.08. The number of unbranched alkanes of at least 4 members (excludes halogenated alkanes) is 1. The van der Waals surface area contributed by atoms with Crippen LogP contribution in [0.5, 0.6) is 5.75 Å². The summed E-state index contributed by atoms with van der Waals surface area (Å²) in [7, 11) is 0. The lowest BCUT2D eigenvalue weighted by Crippen LogP contribution is -2.28. The molecule has 0 aliphatic heterocycles. The lowest BCUT2D eigenvalue weighted by Gasteiger charge is -2.24. The second-order valence-electron chi connectivity index (χ2n) is 5.72. The highest BCUT2D eigenvalue weighted by atomic mass is 16.5. The summed E-state index contributed by atoms with van der Waals surface area (Å²) in [5.74, 6) is 0.291. The minimum absolute atomic E-state index is 0.251. The summed E-state index contributed by atoms with van der Waals surface area (Å²) < 4.78 is 15.7. The maximum atomic E-state index is 10.9. The molecule has 140 valence electrons. The van der Waals surface area contributed by atoms with Crippen LogP contribution in [0.2, 0.25) is 0 Å². The Labute approximate surface area is 150 Å². The smallest absolute Gasteiger partial charge is 0.302 e. The van der Waals surface area contributed by atoms with Gasteiger partial charge in [-0.05, 0) is 31.4 Å². The standard InChI is InChI=1S/C19H29NO5/c1-4-10-20(11-14-24-17(3)22)18-8-7-9-19(15-18)25-13-6-5-12-23-16(2)21/h7-9,15H,4-6,10-14H2,1-3H3. The van der Waals surface area contributed by atoms with Gasteiger partial charge in [-0.2, -0.15) is 0 Å². The van der Waals surface area contributed by atoms with Gasteiger partial charge in [0.15, 0.2) is 0 Å². The van der Waals surface area contributed by atoms with Gasteiger partial charge in [0.25, 0.3) is 0 Å². The van der Waals surface area contributed by atoms with Gasteiger partial charge in [-0.1, -0.05) is 13.0 Å². The number of carbonyl (C=O) groups is 2. The number of esters is 2. The summed E-state index contributed by atoms with van der Waals surface area (Å²) in [5.41, 5.74) is 1.05. The van der Waals surface area contributed by atoms with E-state index in [1.165, 1.54) is 13.8 Å². The van der Waals surface area contributed by atoms with Crippen molar-refractivity contribution in [3.8, 4) is 5.75 Å². The summed E-state index contributed by atoms with van der Waals surface area (Å²) >= 11 is 0. The zero-order valence-electron chi connectivity index (χ0n) is 15.5. The number of nitrogens with zero attached hydrogens (tertiary/aromatic N) is 1. The van der Waals surface area contributed by atoms with Crippen LogP contribution < -0.4 is 9.64 Å². The Balaban J connectivity index is 2.47. The van der Waals surface area contributed by atoms with Crippen LogP contribution in [0.1, 0.15) is 40.0 Å². The van der Waals surface area contributed by atoms with Crippen LogP contribution in [-0.2, 0) is 19.1 Å². The SMILES string of the molecule is CCCN(CCOC(C)=O)c1cccc(OCCCCOC(C)=O)c1. The Morgan fingerprint density at radius 3 is 2.32 bits per heavy atom. The Morgan fingerprint density at radius 1 is 0.960 bits per heavy atom. The molecule has 1 aromatic carbocycles. The molecule has 25 heavy (non-hydrogen) atoms. The normalized spacial score (nSPS) is 10.2. The molecule has 0 saturated carbocycles. The molecule has 0 fully saturated rings. The third kappa shape index (κ3) is 9.59. The van der Waals surface area contributed by atoms with E-state index in [-0.39, 0.29) is 11.9 Å². The van der Waals surface area contributed by atoms with Crippen LogP contribution in [0, 0.1) is 0 Å². The Kier molecular flexibility index (Phi) is 10.1. The first-order chi connectivity index (χ1) is 12.0. The minimum Gasteiger partial charge on any atom is -0.494 e. The molecule has 6 nitrogen and oxygen atoms in total. The summed E-state index contributed by atoms with van der Waals surface area (Å²) in [6.07, 6.45) is 2.60. The molecule has 0 bridgehead atoms. The molecule has 0 aliphatic carbocycles. The van der Waals surface area contributed by atoms with E-state index < -0.39 is 0 Å². The number of anilines is 1. The fraction of sp³-hybridized carbons (Fsp3) is 0.579. The van der Waals surface area contributed by atoms with Gasteiger partial charge in [-0.25, -0.2) is 0 Å². The second-order valence-corrected chi connectivity index (χ2v) is 5.72. The fourth-order valence-electron chi connectivity index (χ4n) is 2.32. The molecule has 0 spiro atoms. The first-order valence-corrected chi connectivity index (χ1v) is 8.77. The molecule has 0 amide bonds. The van der Waals surface area contributed by atoms with Gasteiger partial charge in [0, 0.05) is 32.1 Å². The van der Waals surface area contributed by atoms with E-state index in [0.29, 0.717) is 26.4 Å². The van der Waals surface area contributed by atoms with Crippen molar-refractivity contribution >= 4 is 17.6 Å². The molecule has 0 saturated heterocycles. The largest absolute Gasteiger partial charge is 0.494 e. The highest BCUT2D eigenvalue weighted by molar-refractivity contribution is 5.66. The molecule has 1 aromatic rings. The third-order valence-corrected chi connectivity index (χ3v) is 3.46. The van der Waals surface area contributed by atoms with Crippen LogP contribution >= 0.6 is 0 Å². The summed E-state index contributed by atoms with van der Waals surface area (Å²) in [5, 5.41) is 0. The first-order valence-electron chi connectivity index (χ1n) is 8.77. The average Bonchev–Trinajstić information content (AvgIpc) is 2.57. The van der Waals surface area contributed by atoms with Crippen LogP contribution in [0.25, 0.3) is 0 Å². The van der Waals surface area contributed by atoms with E-state index in [9.17, 15) is 9.59 Å². The van der Waals surface area contributed by atoms with E-state index in [0.717, 1.165) is 37.2 Å². The molecule has 0 aliphatic rings. The topological polar surface area (TPSA) is 65.1 Å². The summed E-state index contributed by atoms with van der Waals surface area (Å²) in [4.78, 5) is 23.8. The van der Waals surface area contributed by atoms with Crippen LogP contribution in [0.15, 0.2) is 24.3 Å². The molecular weight excluding hydrogens is 322 g/mol. The van der Waals surface area contributed by atoms with Crippen molar-refractivity contribution in [3.05, 3.63) is 24.3 Å². The average molecular weight is 351 g/mol. The van der Waals surface area contributed by atoms with Crippen molar-refractivity contribution in [1.29, 1.82) is 0 Å². The zero-order chi connectivity index (χ0) is 18.5. The molecule has 0 heterocycles. The maximum Gasteiger partial charge on any atom is 0.302 e. The lowest BCUT2D eigenvalue weighted by molar-refractivity contribution is -0.141. The lowest BCUT2D eigenvalue weighted by atomic mass is 10.2. The zero-order valence-corrected chi connectivity index (χ0v) is 15.5. The number of hydrogen-bond acceptors (Lipinski definition) is 6. The predicted octanol–water partition coefficient (Wildman–Crippen LogP) is 3.19. The minimum atomic E-state index is -0.262. The van der Waals surface area contributed by atoms with Gasteiger partial charge in [-0.15, -0.1) is 0 Å². The van der Waals surface area contributed by atoms with Gasteiger partial charge in [0.1, 0.15) is 12.4 Å². The summed E-state index contributed by atoms with van der Waals surface area (Å²) in [6, 6.07) is 7.90. The summed E-state index contributed by atoms with van der Waals surface area (Å²) in [6.45, 7) is 7.85. The Hall–Kier alpha value is -2.24. The molecule has 0 aromatic heterocycles. The van der Waals surface area contributed by atoms with Crippen molar-refractivity contribution in [1.82, 2.24) is 0 Å². The van der Waals surface area contributed by atoms with Crippen LogP contribution in [0.3, 0.4) is 0 Å². The third-order valence-electron chi connectivity index (χ3n) is 3.46. The Morgan fingerprint density at radius 2 is 1.64 bits per heavy atom. The molecular formula is C19H29NO5. The van der Waals surface area contributed by atoms with Crippen LogP contribution in [-0.4, -0.2) is 44.8 Å². The van der Waals surface area contributed by atoms with Gasteiger partial charge in [-0.3, -0.25) is 9.59 Å². The highest BCUT2D eigenvalue weighted by Crippen LogP contribution is 2.21. The van der Waals surface area contributed by atoms with E-state index in [2.05, 4.69) is 11.8 Å². The molecule has 1 rings (SSSR count). The van der Waals surface area contributed by atoms with Gasteiger partial charge < -0.3 is 19.1 Å². The molecule has 6 heteroatoms. The maximum absolute atomic E-state index is 10.9. The number of carbonyl (C=O) groups excluding carboxylic acids is 2. The predicted molar refractivity (Wildman–Crippen MR) is 96.9 cm³/mol. The number of benzene rings is 1. The number of ether oxygens (including phenoxy) is 3. The monoisotopic (exact) mass is 351 g/mol. The molecule has 0 radical (unpaired) electrons. The fourth-order valence-corrected chi connectivity index (χ4v) is 2.32. The van der Waals surface area contributed by atoms with Crippen molar-refractivity contribution in [2.24, 2.45) is 0 Å². The van der Waals surface area contributed by atoms with Crippen molar-refractivity contribution in [2.75, 3.05) is 37.8 Å². The second kappa shape index (κ2) is 12.2. The van der Waals surface area contributed by atoms with Crippen molar-refractivity contribution < 1.29 is 23.8 Å².